The summed E-state index contributed by atoms with van der Waals surface area (Å²) in [6.45, 7) is 0.903. The molecule has 0 saturated heterocycles. The first-order valence-corrected chi connectivity index (χ1v) is 8.32. The van der Waals surface area contributed by atoms with E-state index in [1.54, 1.807) is 11.3 Å². The summed E-state index contributed by atoms with van der Waals surface area (Å²) < 4.78 is 2.86. The topological polar surface area (TPSA) is 33.4 Å². The van der Waals surface area contributed by atoms with Gasteiger partial charge in [-0.1, -0.05) is 0 Å². The minimum absolute atomic E-state index is 0.595. The van der Waals surface area contributed by atoms with Crippen LogP contribution in [0.15, 0.2) is 40.0 Å². The van der Waals surface area contributed by atoms with Crippen LogP contribution < -0.4 is 4.90 Å². The fraction of sp³-hybridized carbons (Fsp3) is 0.286. The summed E-state index contributed by atoms with van der Waals surface area (Å²) in [5, 5.41) is 4.33. The van der Waals surface area contributed by atoms with E-state index >= 15 is 0 Å². The van der Waals surface area contributed by atoms with E-state index < -0.39 is 0 Å². The number of nitrogens with zero attached hydrogens (tertiary/aromatic N) is 4. The Balaban J connectivity index is 1.79. The van der Waals surface area contributed by atoms with Gasteiger partial charge in [0, 0.05) is 31.2 Å². The molecule has 0 amide bonds. The third-order valence-electron chi connectivity index (χ3n) is 3.52. The first kappa shape index (κ1) is 12.3. The molecule has 0 aromatic carbocycles. The molecule has 1 fully saturated rings. The number of anilines is 1. The van der Waals surface area contributed by atoms with E-state index in [0.29, 0.717) is 6.04 Å². The number of fused-ring (bicyclic) bond motifs is 1. The Kier molecular flexibility index (Phi) is 3.00. The Morgan fingerprint density at radius 3 is 3.10 bits per heavy atom. The number of hydrogen-bond acceptors (Lipinski definition) is 4. The first-order valence-electron chi connectivity index (χ1n) is 6.58. The van der Waals surface area contributed by atoms with Crippen LogP contribution in [0.2, 0.25) is 0 Å². The fourth-order valence-electron chi connectivity index (χ4n) is 2.42. The highest BCUT2D eigenvalue weighted by atomic mass is 79.9. The molecule has 3 aromatic heterocycles. The van der Waals surface area contributed by atoms with Gasteiger partial charge in [0.2, 0.25) is 0 Å². The highest BCUT2D eigenvalue weighted by Gasteiger charge is 2.31. The first-order chi connectivity index (χ1) is 9.81. The zero-order chi connectivity index (χ0) is 13.5. The lowest BCUT2D eigenvalue weighted by molar-refractivity contribution is 0.776. The van der Waals surface area contributed by atoms with Gasteiger partial charge < -0.3 is 9.30 Å². The molecule has 1 saturated carbocycles. The number of aromatic nitrogens is 3. The fourth-order valence-corrected chi connectivity index (χ4v) is 3.47. The Morgan fingerprint density at radius 2 is 2.35 bits per heavy atom. The molecule has 0 bridgehead atoms. The van der Waals surface area contributed by atoms with Crippen molar-refractivity contribution in [1.82, 2.24) is 14.4 Å². The summed E-state index contributed by atoms with van der Waals surface area (Å²) in [4.78, 5) is 11.5. The monoisotopic (exact) mass is 348 g/mol. The van der Waals surface area contributed by atoms with E-state index in [9.17, 15) is 0 Å². The Bertz CT molecular complexity index is 733. The van der Waals surface area contributed by atoms with Gasteiger partial charge in [-0.05, 0) is 51.2 Å². The van der Waals surface area contributed by atoms with E-state index in [1.807, 2.05) is 23.0 Å². The van der Waals surface area contributed by atoms with Crippen LogP contribution in [0.5, 0.6) is 0 Å². The van der Waals surface area contributed by atoms with Gasteiger partial charge in [-0.2, -0.15) is 11.3 Å². The van der Waals surface area contributed by atoms with E-state index in [2.05, 4.69) is 47.6 Å². The van der Waals surface area contributed by atoms with Crippen molar-refractivity contribution in [2.24, 2.45) is 0 Å². The van der Waals surface area contributed by atoms with Gasteiger partial charge in [0.05, 0.1) is 0 Å². The van der Waals surface area contributed by atoms with E-state index in [-0.39, 0.29) is 0 Å². The summed E-state index contributed by atoms with van der Waals surface area (Å²) in [6.07, 6.45) is 8.21. The molecule has 0 radical (unpaired) electrons. The molecule has 6 heteroatoms. The zero-order valence-corrected chi connectivity index (χ0v) is 13.1. The van der Waals surface area contributed by atoms with Crippen molar-refractivity contribution >= 4 is 38.7 Å². The molecule has 1 aliphatic carbocycles. The standard InChI is InChI=1S/C14H13BrN4S/c15-12-8-18-5-4-16-13(18)14(17-12)19(11-1-2-11)7-10-3-6-20-9-10/h3-6,8-9,11H,1-2,7H2. The Morgan fingerprint density at radius 1 is 1.45 bits per heavy atom. The third-order valence-corrected chi connectivity index (χ3v) is 4.63. The maximum absolute atomic E-state index is 4.68. The van der Waals surface area contributed by atoms with Gasteiger partial charge in [-0.3, -0.25) is 0 Å². The molecular weight excluding hydrogens is 336 g/mol. The summed E-state index contributed by atoms with van der Waals surface area (Å²) in [6, 6.07) is 2.78. The van der Waals surface area contributed by atoms with Crippen LogP contribution in [-0.2, 0) is 6.54 Å². The molecule has 20 heavy (non-hydrogen) atoms. The van der Waals surface area contributed by atoms with Gasteiger partial charge in [0.1, 0.15) is 4.60 Å². The van der Waals surface area contributed by atoms with Crippen LogP contribution in [0.4, 0.5) is 5.82 Å². The van der Waals surface area contributed by atoms with Crippen LogP contribution in [0, 0.1) is 0 Å². The normalized spacial score (nSPS) is 14.8. The number of halogens is 1. The average Bonchev–Trinajstić information content (AvgIpc) is 2.96. The molecular formula is C14H13BrN4S. The van der Waals surface area contributed by atoms with Crippen LogP contribution >= 0.6 is 27.3 Å². The largest absolute Gasteiger partial charge is 0.346 e. The quantitative estimate of drug-likeness (QED) is 0.720. The lowest BCUT2D eigenvalue weighted by Gasteiger charge is -2.23. The SMILES string of the molecule is Brc1cn2ccnc2c(N(Cc2ccsc2)C2CC2)n1. The molecule has 0 unspecified atom stereocenters. The molecule has 0 aliphatic heterocycles. The summed E-state index contributed by atoms with van der Waals surface area (Å²) >= 11 is 5.24. The number of thiophene rings is 1. The maximum atomic E-state index is 4.68. The van der Waals surface area contributed by atoms with Crippen molar-refractivity contribution in [2.45, 2.75) is 25.4 Å². The van der Waals surface area contributed by atoms with E-state index in [1.165, 1.54) is 18.4 Å². The predicted octanol–water partition coefficient (Wildman–Crippen LogP) is 3.72. The van der Waals surface area contributed by atoms with E-state index in [0.717, 1.165) is 22.6 Å². The number of rotatable bonds is 4. The van der Waals surface area contributed by atoms with Crippen LogP contribution in [0.1, 0.15) is 18.4 Å². The molecule has 3 aromatic rings. The van der Waals surface area contributed by atoms with Crippen molar-refractivity contribution in [1.29, 1.82) is 0 Å². The molecule has 102 valence electrons. The Hall–Kier alpha value is -1.40. The molecule has 0 atom stereocenters. The minimum atomic E-state index is 0.595. The summed E-state index contributed by atoms with van der Waals surface area (Å²) in [5.41, 5.74) is 2.27. The predicted molar refractivity (Wildman–Crippen MR) is 84.2 cm³/mol. The molecule has 0 N–H and O–H groups in total. The van der Waals surface area contributed by atoms with Gasteiger partial charge in [-0.25, -0.2) is 9.97 Å². The average molecular weight is 349 g/mol. The van der Waals surface area contributed by atoms with Gasteiger partial charge in [-0.15, -0.1) is 0 Å². The van der Waals surface area contributed by atoms with Crippen LogP contribution in [0.25, 0.3) is 5.65 Å². The summed E-state index contributed by atoms with van der Waals surface area (Å²) in [5.74, 6) is 0.970. The van der Waals surface area contributed by atoms with Gasteiger partial charge in [0.25, 0.3) is 0 Å². The summed E-state index contributed by atoms with van der Waals surface area (Å²) in [7, 11) is 0. The number of imidazole rings is 1. The molecule has 4 nitrogen and oxygen atoms in total. The zero-order valence-electron chi connectivity index (χ0n) is 10.7. The molecule has 3 heterocycles. The van der Waals surface area contributed by atoms with Crippen molar-refractivity contribution in [3.8, 4) is 0 Å². The Labute approximate surface area is 129 Å². The van der Waals surface area contributed by atoms with E-state index in [4.69, 9.17) is 0 Å². The second-order valence-corrected chi connectivity index (χ2v) is 6.63. The van der Waals surface area contributed by atoms with Gasteiger partial charge >= 0.3 is 0 Å². The second kappa shape index (κ2) is 4.86. The highest BCUT2D eigenvalue weighted by Crippen LogP contribution is 2.34. The highest BCUT2D eigenvalue weighted by molar-refractivity contribution is 9.10. The van der Waals surface area contributed by atoms with Crippen molar-refractivity contribution in [2.75, 3.05) is 4.90 Å². The van der Waals surface area contributed by atoms with Crippen LogP contribution in [-0.4, -0.2) is 20.4 Å². The smallest absolute Gasteiger partial charge is 0.180 e. The van der Waals surface area contributed by atoms with Crippen molar-refractivity contribution < 1.29 is 0 Å². The minimum Gasteiger partial charge on any atom is -0.346 e. The van der Waals surface area contributed by atoms with Crippen LogP contribution in [0.3, 0.4) is 0 Å². The molecule has 4 rings (SSSR count). The second-order valence-electron chi connectivity index (χ2n) is 5.04. The lowest BCUT2D eigenvalue weighted by atomic mass is 10.3. The molecule has 0 spiro atoms. The van der Waals surface area contributed by atoms with Gasteiger partial charge in [0.15, 0.2) is 11.5 Å². The third kappa shape index (κ3) is 2.23. The molecule has 1 aliphatic rings. The maximum Gasteiger partial charge on any atom is 0.180 e. The van der Waals surface area contributed by atoms with Crippen molar-refractivity contribution in [3.05, 3.63) is 45.6 Å². The number of hydrogen-bond donors (Lipinski definition) is 0. The van der Waals surface area contributed by atoms with Crippen molar-refractivity contribution in [3.63, 3.8) is 0 Å². The lowest BCUT2D eigenvalue weighted by Crippen LogP contribution is -2.26.